The minimum Gasteiger partial charge on any atom is -0.397 e. The monoisotopic (exact) mass is 224 g/mol. The van der Waals surface area contributed by atoms with E-state index in [-0.39, 0.29) is 0 Å². The lowest BCUT2D eigenvalue weighted by atomic mass is 10.2. The largest absolute Gasteiger partial charge is 0.397 e. The predicted molar refractivity (Wildman–Crippen MR) is 71.7 cm³/mol. The number of nitrogens with one attached hydrogen (secondary N) is 1. The Balaban J connectivity index is 2.56. The fourth-order valence-electron chi connectivity index (χ4n) is 1.42. The fraction of sp³-hybridized carbons (Fsp3) is 0.500. The molecule has 1 atom stereocenters. The van der Waals surface area contributed by atoms with E-state index in [4.69, 9.17) is 5.73 Å². The number of rotatable bonds is 5. The lowest BCUT2D eigenvalue weighted by Gasteiger charge is -2.16. The maximum Gasteiger partial charge on any atom is 0.0576 e. The highest BCUT2D eigenvalue weighted by Crippen LogP contribution is 2.20. The minimum absolute atomic E-state index is 0.458. The molecule has 0 saturated carbocycles. The summed E-state index contributed by atoms with van der Waals surface area (Å²) in [4.78, 5) is 0. The van der Waals surface area contributed by atoms with Crippen LogP contribution in [-0.2, 0) is 0 Å². The first-order chi connectivity index (χ1) is 7.13. The van der Waals surface area contributed by atoms with Crippen molar-refractivity contribution < 1.29 is 0 Å². The molecule has 1 rings (SSSR count). The molecule has 3 heteroatoms. The molecule has 0 bridgehead atoms. The third-order valence-corrected chi connectivity index (χ3v) is 3.32. The van der Waals surface area contributed by atoms with Crippen LogP contribution in [0.2, 0.25) is 0 Å². The first-order valence-electron chi connectivity index (χ1n) is 5.34. The first-order valence-corrected chi connectivity index (χ1v) is 6.49. The molecule has 0 fully saturated rings. The van der Waals surface area contributed by atoms with Crippen molar-refractivity contribution in [1.29, 1.82) is 0 Å². The van der Waals surface area contributed by atoms with Gasteiger partial charge in [0.2, 0.25) is 0 Å². The van der Waals surface area contributed by atoms with E-state index in [1.54, 1.807) is 0 Å². The maximum atomic E-state index is 5.93. The van der Waals surface area contributed by atoms with Crippen molar-refractivity contribution in [1.82, 2.24) is 0 Å². The molecule has 84 valence electrons. The summed E-state index contributed by atoms with van der Waals surface area (Å²) < 4.78 is 0. The van der Waals surface area contributed by atoms with Crippen LogP contribution in [0, 0.1) is 6.92 Å². The molecule has 0 aliphatic rings. The molecule has 0 saturated heterocycles. The number of nitrogens with two attached hydrogens (primary N) is 1. The van der Waals surface area contributed by atoms with Gasteiger partial charge in [0.25, 0.3) is 0 Å². The highest BCUT2D eigenvalue weighted by molar-refractivity contribution is 7.99. The van der Waals surface area contributed by atoms with Gasteiger partial charge in [-0.25, -0.2) is 0 Å². The Kier molecular flexibility index (Phi) is 4.82. The van der Waals surface area contributed by atoms with Crippen molar-refractivity contribution in [2.75, 3.05) is 22.6 Å². The summed E-state index contributed by atoms with van der Waals surface area (Å²) in [5.41, 5.74) is 9.01. The molecule has 1 aromatic rings. The van der Waals surface area contributed by atoms with Crippen molar-refractivity contribution in [3.63, 3.8) is 0 Å². The topological polar surface area (TPSA) is 38.0 Å². The second kappa shape index (κ2) is 5.91. The van der Waals surface area contributed by atoms with Gasteiger partial charge in [-0.2, -0.15) is 11.8 Å². The molecular formula is C12H20N2S. The predicted octanol–water partition coefficient (Wildman–Crippen LogP) is 3.13. The summed E-state index contributed by atoms with van der Waals surface area (Å²) >= 11 is 1.94. The Bertz CT molecular complexity index is 312. The molecule has 0 aliphatic carbocycles. The van der Waals surface area contributed by atoms with E-state index in [2.05, 4.69) is 38.2 Å². The summed E-state index contributed by atoms with van der Waals surface area (Å²) in [6, 6.07) is 6.60. The molecule has 2 nitrogen and oxygen atoms in total. The van der Waals surface area contributed by atoms with Gasteiger partial charge in [-0.3, -0.25) is 0 Å². The van der Waals surface area contributed by atoms with Gasteiger partial charge in [0, 0.05) is 11.8 Å². The highest BCUT2D eigenvalue weighted by atomic mass is 32.2. The van der Waals surface area contributed by atoms with Gasteiger partial charge in [-0.15, -0.1) is 0 Å². The SMILES string of the molecule is CCSCC(C)Nc1ccc(C)cc1N. The van der Waals surface area contributed by atoms with Crippen molar-refractivity contribution in [2.24, 2.45) is 0 Å². The van der Waals surface area contributed by atoms with Crippen molar-refractivity contribution in [2.45, 2.75) is 26.8 Å². The number of nitrogen functional groups attached to an aromatic ring is 1. The van der Waals surface area contributed by atoms with Crippen LogP contribution in [0.15, 0.2) is 18.2 Å². The Labute approximate surface area is 96.6 Å². The van der Waals surface area contributed by atoms with Crippen LogP contribution in [-0.4, -0.2) is 17.5 Å². The lowest BCUT2D eigenvalue weighted by molar-refractivity contribution is 0.914. The van der Waals surface area contributed by atoms with Gasteiger partial charge in [0.05, 0.1) is 11.4 Å². The van der Waals surface area contributed by atoms with Crippen LogP contribution >= 0.6 is 11.8 Å². The number of benzene rings is 1. The zero-order valence-corrected chi connectivity index (χ0v) is 10.5. The molecule has 0 aromatic heterocycles. The van der Waals surface area contributed by atoms with E-state index in [9.17, 15) is 0 Å². The van der Waals surface area contributed by atoms with Crippen LogP contribution in [0.4, 0.5) is 11.4 Å². The standard InChI is InChI=1S/C12H20N2S/c1-4-15-8-10(3)14-12-6-5-9(2)7-11(12)13/h5-7,10,14H,4,8,13H2,1-3H3. The second-order valence-electron chi connectivity index (χ2n) is 3.80. The molecule has 1 aromatic carbocycles. The Hall–Kier alpha value is -0.830. The van der Waals surface area contributed by atoms with E-state index < -0.39 is 0 Å². The highest BCUT2D eigenvalue weighted by Gasteiger charge is 2.04. The molecule has 0 aliphatic heterocycles. The van der Waals surface area contributed by atoms with Crippen LogP contribution < -0.4 is 11.1 Å². The molecule has 0 spiro atoms. The Morgan fingerprint density at radius 3 is 2.80 bits per heavy atom. The first kappa shape index (κ1) is 12.2. The molecular weight excluding hydrogens is 204 g/mol. The number of anilines is 2. The summed E-state index contributed by atoms with van der Waals surface area (Å²) in [7, 11) is 0. The average molecular weight is 224 g/mol. The minimum atomic E-state index is 0.458. The lowest BCUT2D eigenvalue weighted by Crippen LogP contribution is -2.18. The van der Waals surface area contributed by atoms with Crippen LogP contribution in [0.25, 0.3) is 0 Å². The van der Waals surface area contributed by atoms with Gasteiger partial charge in [-0.1, -0.05) is 13.0 Å². The summed E-state index contributed by atoms with van der Waals surface area (Å²) in [6.45, 7) is 6.41. The second-order valence-corrected chi connectivity index (χ2v) is 5.11. The van der Waals surface area contributed by atoms with E-state index in [1.165, 1.54) is 5.56 Å². The van der Waals surface area contributed by atoms with Gasteiger partial charge < -0.3 is 11.1 Å². The van der Waals surface area contributed by atoms with Crippen molar-refractivity contribution in [3.05, 3.63) is 23.8 Å². The third-order valence-electron chi connectivity index (χ3n) is 2.18. The van der Waals surface area contributed by atoms with Gasteiger partial charge >= 0.3 is 0 Å². The number of aryl methyl sites for hydroxylation is 1. The zero-order chi connectivity index (χ0) is 11.3. The number of hydrogen-bond donors (Lipinski definition) is 2. The normalized spacial score (nSPS) is 12.5. The number of thioether (sulfide) groups is 1. The molecule has 1 unspecified atom stereocenters. The van der Waals surface area contributed by atoms with E-state index in [0.29, 0.717) is 6.04 Å². The quantitative estimate of drug-likeness (QED) is 0.755. The van der Waals surface area contributed by atoms with Crippen LogP contribution in [0.5, 0.6) is 0 Å². The maximum absolute atomic E-state index is 5.93. The Morgan fingerprint density at radius 1 is 1.47 bits per heavy atom. The molecule has 0 amide bonds. The van der Waals surface area contributed by atoms with Gasteiger partial charge in [0.1, 0.15) is 0 Å². The Morgan fingerprint density at radius 2 is 2.20 bits per heavy atom. The summed E-state index contributed by atoms with van der Waals surface area (Å²) in [6.07, 6.45) is 0. The molecule has 15 heavy (non-hydrogen) atoms. The summed E-state index contributed by atoms with van der Waals surface area (Å²) in [5, 5.41) is 3.43. The smallest absolute Gasteiger partial charge is 0.0576 e. The van der Waals surface area contributed by atoms with Crippen LogP contribution in [0.1, 0.15) is 19.4 Å². The number of hydrogen-bond acceptors (Lipinski definition) is 3. The summed E-state index contributed by atoms with van der Waals surface area (Å²) in [5.74, 6) is 2.28. The zero-order valence-electron chi connectivity index (χ0n) is 9.71. The molecule has 0 radical (unpaired) electrons. The molecule has 3 N–H and O–H groups in total. The van der Waals surface area contributed by atoms with Gasteiger partial charge in [0.15, 0.2) is 0 Å². The van der Waals surface area contributed by atoms with E-state index >= 15 is 0 Å². The third kappa shape index (κ3) is 4.04. The van der Waals surface area contributed by atoms with Gasteiger partial charge in [-0.05, 0) is 37.3 Å². The molecule has 0 heterocycles. The van der Waals surface area contributed by atoms with Crippen molar-refractivity contribution in [3.8, 4) is 0 Å². The average Bonchev–Trinajstić information content (AvgIpc) is 2.19. The fourth-order valence-corrected chi connectivity index (χ4v) is 2.09. The van der Waals surface area contributed by atoms with E-state index in [0.717, 1.165) is 22.9 Å². The van der Waals surface area contributed by atoms with Crippen LogP contribution in [0.3, 0.4) is 0 Å². The van der Waals surface area contributed by atoms with Crippen molar-refractivity contribution >= 4 is 23.1 Å². The van der Waals surface area contributed by atoms with E-state index in [1.807, 2.05) is 17.8 Å².